The molecule has 0 spiro atoms. The summed E-state index contributed by atoms with van der Waals surface area (Å²) < 4.78 is 7.24. The standard InChI is InChI=1S/C15H24BrNOS/c1-2-12-5-3-4-6-15(12)18-8-7-17-10-14-9-13(16)11-19-14/h9,11-12,15,17H,2-8,10H2,1H3. The van der Waals surface area contributed by atoms with E-state index < -0.39 is 0 Å². The van der Waals surface area contributed by atoms with E-state index in [1.54, 1.807) is 11.3 Å². The number of thiophene rings is 1. The lowest BCUT2D eigenvalue weighted by Gasteiger charge is -2.30. The van der Waals surface area contributed by atoms with Crippen molar-refractivity contribution in [1.29, 1.82) is 0 Å². The van der Waals surface area contributed by atoms with E-state index in [4.69, 9.17) is 4.74 Å². The molecule has 2 atom stereocenters. The van der Waals surface area contributed by atoms with Crippen LogP contribution < -0.4 is 5.32 Å². The van der Waals surface area contributed by atoms with Gasteiger partial charge in [-0.15, -0.1) is 11.3 Å². The van der Waals surface area contributed by atoms with Crippen LogP contribution in [0.1, 0.15) is 43.9 Å². The first-order valence-electron chi connectivity index (χ1n) is 7.35. The third-order valence-corrected chi connectivity index (χ3v) is 5.59. The second-order valence-electron chi connectivity index (χ2n) is 5.27. The van der Waals surface area contributed by atoms with Crippen LogP contribution >= 0.6 is 27.3 Å². The van der Waals surface area contributed by atoms with Gasteiger partial charge in [0.1, 0.15) is 0 Å². The highest BCUT2D eigenvalue weighted by atomic mass is 79.9. The minimum atomic E-state index is 0.511. The van der Waals surface area contributed by atoms with Crippen LogP contribution in [0.5, 0.6) is 0 Å². The third-order valence-electron chi connectivity index (χ3n) is 3.90. The number of ether oxygens (including phenoxy) is 1. The lowest BCUT2D eigenvalue weighted by molar-refractivity contribution is -0.0103. The van der Waals surface area contributed by atoms with Gasteiger partial charge in [0.2, 0.25) is 0 Å². The van der Waals surface area contributed by atoms with Crippen LogP contribution in [-0.2, 0) is 11.3 Å². The van der Waals surface area contributed by atoms with Gasteiger partial charge in [-0.1, -0.05) is 26.2 Å². The van der Waals surface area contributed by atoms with Gasteiger partial charge in [0, 0.05) is 27.8 Å². The number of halogens is 1. The van der Waals surface area contributed by atoms with Gasteiger partial charge in [0.05, 0.1) is 12.7 Å². The summed E-state index contributed by atoms with van der Waals surface area (Å²) in [6.45, 7) is 5.02. The Labute approximate surface area is 129 Å². The molecule has 1 aromatic heterocycles. The fraction of sp³-hybridized carbons (Fsp3) is 0.733. The van der Waals surface area contributed by atoms with Crippen molar-refractivity contribution in [3.63, 3.8) is 0 Å². The molecule has 1 aliphatic rings. The maximum atomic E-state index is 6.06. The molecule has 0 saturated heterocycles. The van der Waals surface area contributed by atoms with E-state index >= 15 is 0 Å². The van der Waals surface area contributed by atoms with E-state index in [0.29, 0.717) is 6.10 Å². The Morgan fingerprint density at radius 1 is 1.42 bits per heavy atom. The van der Waals surface area contributed by atoms with Gasteiger partial charge in [0.15, 0.2) is 0 Å². The van der Waals surface area contributed by atoms with Gasteiger partial charge in [-0.25, -0.2) is 0 Å². The third kappa shape index (κ3) is 5.18. The van der Waals surface area contributed by atoms with Crippen molar-refractivity contribution >= 4 is 27.3 Å². The van der Waals surface area contributed by atoms with Gasteiger partial charge in [0.25, 0.3) is 0 Å². The van der Waals surface area contributed by atoms with Crippen LogP contribution in [0.25, 0.3) is 0 Å². The van der Waals surface area contributed by atoms with Crippen molar-refractivity contribution in [2.24, 2.45) is 5.92 Å². The molecule has 1 aromatic rings. The highest BCUT2D eigenvalue weighted by molar-refractivity contribution is 9.10. The van der Waals surface area contributed by atoms with Crippen molar-refractivity contribution in [2.45, 2.75) is 51.7 Å². The Bertz CT molecular complexity index is 369. The van der Waals surface area contributed by atoms with Crippen molar-refractivity contribution < 1.29 is 4.74 Å². The van der Waals surface area contributed by atoms with Gasteiger partial charge in [-0.2, -0.15) is 0 Å². The molecule has 0 aliphatic heterocycles. The Balaban J connectivity index is 1.58. The Morgan fingerprint density at radius 3 is 3.00 bits per heavy atom. The van der Waals surface area contributed by atoms with Crippen molar-refractivity contribution in [1.82, 2.24) is 5.32 Å². The zero-order chi connectivity index (χ0) is 13.5. The summed E-state index contributed by atoms with van der Waals surface area (Å²) >= 11 is 5.27. The van der Waals surface area contributed by atoms with Gasteiger partial charge < -0.3 is 10.1 Å². The van der Waals surface area contributed by atoms with Crippen LogP contribution in [0.3, 0.4) is 0 Å². The fourth-order valence-corrected chi connectivity index (χ4v) is 4.22. The lowest BCUT2D eigenvalue weighted by atomic mass is 9.85. The first-order chi connectivity index (χ1) is 9.29. The average molecular weight is 346 g/mol. The maximum Gasteiger partial charge on any atom is 0.0603 e. The first kappa shape index (κ1) is 15.5. The highest BCUT2D eigenvalue weighted by Crippen LogP contribution is 2.28. The molecule has 19 heavy (non-hydrogen) atoms. The largest absolute Gasteiger partial charge is 0.377 e. The number of rotatable bonds is 7. The van der Waals surface area contributed by atoms with E-state index in [2.05, 4.69) is 39.6 Å². The molecule has 4 heteroatoms. The summed E-state index contributed by atoms with van der Waals surface area (Å²) in [5, 5.41) is 5.58. The Morgan fingerprint density at radius 2 is 2.26 bits per heavy atom. The van der Waals surface area contributed by atoms with Gasteiger partial charge in [-0.05, 0) is 40.8 Å². The minimum Gasteiger partial charge on any atom is -0.377 e. The predicted octanol–water partition coefficient (Wildman–Crippen LogP) is 4.59. The van der Waals surface area contributed by atoms with E-state index in [9.17, 15) is 0 Å². The smallest absolute Gasteiger partial charge is 0.0603 e. The molecule has 108 valence electrons. The minimum absolute atomic E-state index is 0.511. The fourth-order valence-electron chi connectivity index (χ4n) is 2.80. The quantitative estimate of drug-likeness (QED) is 0.730. The number of hydrogen-bond donors (Lipinski definition) is 1. The van der Waals surface area contributed by atoms with Crippen molar-refractivity contribution in [3.8, 4) is 0 Å². The lowest BCUT2D eigenvalue weighted by Crippen LogP contribution is -2.30. The molecule has 0 aromatic carbocycles. The molecule has 1 saturated carbocycles. The van der Waals surface area contributed by atoms with Gasteiger partial charge in [-0.3, -0.25) is 0 Å². The molecular weight excluding hydrogens is 322 g/mol. The molecule has 0 bridgehead atoms. The molecule has 2 unspecified atom stereocenters. The second kappa shape index (κ2) is 8.40. The van der Waals surface area contributed by atoms with Crippen LogP contribution in [0.2, 0.25) is 0 Å². The topological polar surface area (TPSA) is 21.3 Å². The molecule has 2 rings (SSSR count). The Kier molecular flexibility index (Phi) is 6.85. The highest BCUT2D eigenvalue weighted by Gasteiger charge is 2.23. The number of hydrogen-bond acceptors (Lipinski definition) is 3. The van der Waals surface area contributed by atoms with E-state index in [0.717, 1.165) is 25.6 Å². The average Bonchev–Trinajstić information content (AvgIpc) is 2.84. The van der Waals surface area contributed by atoms with Crippen LogP contribution in [0.4, 0.5) is 0 Å². The maximum absolute atomic E-state index is 6.06. The predicted molar refractivity (Wildman–Crippen MR) is 85.7 cm³/mol. The summed E-state index contributed by atoms with van der Waals surface area (Å²) in [6, 6.07) is 2.17. The normalized spacial score (nSPS) is 23.7. The molecule has 1 N–H and O–H groups in total. The van der Waals surface area contributed by atoms with Crippen LogP contribution in [0.15, 0.2) is 15.9 Å². The van der Waals surface area contributed by atoms with E-state index in [1.807, 2.05) is 0 Å². The van der Waals surface area contributed by atoms with E-state index in [1.165, 1.54) is 41.5 Å². The zero-order valence-corrected chi connectivity index (χ0v) is 14.1. The zero-order valence-electron chi connectivity index (χ0n) is 11.7. The summed E-state index contributed by atoms with van der Waals surface area (Å²) in [5.41, 5.74) is 0. The summed E-state index contributed by atoms with van der Waals surface area (Å²) in [4.78, 5) is 1.37. The van der Waals surface area contributed by atoms with Gasteiger partial charge >= 0.3 is 0 Å². The summed E-state index contributed by atoms with van der Waals surface area (Å²) in [5.74, 6) is 0.794. The molecule has 1 aliphatic carbocycles. The van der Waals surface area contributed by atoms with E-state index in [-0.39, 0.29) is 0 Å². The van der Waals surface area contributed by atoms with Crippen molar-refractivity contribution in [3.05, 3.63) is 20.8 Å². The van der Waals surface area contributed by atoms with Crippen molar-refractivity contribution in [2.75, 3.05) is 13.2 Å². The monoisotopic (exact) mass is 345 g/mol. The first-order valence-corrected chi connectivity index (χ1v) is 9.02. The molecule has 0 amide bonds. The molecule has 0 radical (unpaired) electrons. The number of nitrogens with one attached hydrogen (secondary N) is 1. The summed E-state index contributed by atoms with van der Waals surface area (Å²) in [7, 11) is 0. The summed E-state index contributed by atoms with van der Waals surface area (Å²) in [6.07, 6.45) is 7.13. The van der Waals surface area contributed by atoms with Crippen LogP contribution in [-0.4, -0.2) is 19.3 Å². The molecule has 2 nitrogen and oxygen atoms in total. The van der Waals surface area contributed by atoms with Crippen LogP contribution in [0, 0.1) is 5.92 Å². The SMILES string of the molecule is CCC1CCCCC1OCCNCc1cc(Br)cs1. The molecular formula is C15H24BrNOS. The molecule has 1 fully saturated rings. The molecule has 1 heterocycles. The Hall–Kier alpha value is 0.1000. The second-order valence-corrected chi connectivity index (χ2v) is 7.18.